The van der Waals surface area contributed by atoms with Gasteiger partial charge in [-0.1, -0.05) is 6.07 Å². The van der Waals surface area contributed by atoms with E-state index < -0.39 is 0 Å². The highest BCUT2D eigenvalue weighted by molar-refractivity contribution is 7.13. The normalized spacial score (nSPS) is 14.9. The van der Waals surface area contributed by atoms with E-state index in [-0.39, 0.29) is 11.8 Å². The summed E-state index contributed by atoms with van der Waals surface area (Å²) in [4.78, 5) is 34.9. The lowest BCUT2D eigenvalue weighted by Crippen LogP contribution is -2.50. The molecule has 0 atom stereocenters. The van der Waals surface area contributed by atoms with Gasteiger partial charge in [-0.05, 0) is 31.7 Å². The number of hydrogen-bond acceptors (Lipinski definition) is 5. The van der Waals surface area contributed by atoms with Crippen molar-refractivity contribution in [1.82, 2.24) is 14.8 Å². The molecule has 0 bridgehead atoms. The first-order valence-electron chi connectivity index (χ1n) is 8.08. The summed E-state index contributed by atoms with van der Waals surface area (Å²) in [5.74, 6) is 0.226. The number of thiophene rings is 1. The zero-order valence-corrected chi connectivity index (χ0v) is 15.6. The fourth-order valence-electron chi connectivity index (χ4n) is 2.88. The van der Waals surface area contributed by atoms with Crippen LogP contribution in [0.25, 0.3) is 0 Å². The van der Waals surface area contributed by atoms with E-state index in [1.807, 2.05) is 35.1 Å². The van der Waals surface area contributed by atoms with Crippen LogP contribution in [-0.4, -0.2) is 52.8 Å². The zero-order chi connectivity index (χ0) is 17.1. The largest absolute Gasteiger partial charge is 0.339 e. The van der Waals surface area contributed by atoms with Crippen LogP contribution in [0.3, 0.4) is 0 Å². The van der Waals surface area contributed by atoms with Crippen molar-refractivity contribution < 1.29 is 9.59 Å². The van der Waals surface area contributed by atoms with Crippen LogP contribution in [0, 0.1) is 13.8 Å². The van der Waals surface area contributed by atoms with E-state index in [1.165, 1.54) is 16.2 Å². The maximum absolute atomic E-state index is 12.6. The van der Waals surface area contributed by atoms with Gasteiger partial charge >= 0.3 is 0 Å². The highest BCUT2D eigenvalue weighted by Crippen LogP contribution is 2.20. The summed E-state index contributed by atoms with van der Waals surface area (Å²) in [6.45, 7) is 6.22. The molecule has 5 nitrogen and oxygen atoms in total. The van der Waals surface area contributed by atoms with E-state index in [4.69, 9.17) is 0 Å². The van der Waals surface area contributed by atoms with Crippen molar-refractivity contribution in [1.29, 1.82) is 0 Å². The lowest BCUT2D eigenvalue weighted by atomic mass is 10.2. The van der Waals surface area contributed by atoms with E-state index in [1.54, 1.807) is 11.3 Å². The minimum Gasteiger partial charge on any atom is -0.339 e. The summed E-state index contributed by atoms with van der Waals surface area (Å²) >= 11 is 3.14. The smallest absolute Gasteiger partial charge is 0.265 e. The number of carbonyl (C=O) groups excluding carboxylic acids is 2. The fourth-order valence-corrected chi connectivity index (χ4v) is 4.47. The van der Waals surface area contributed by atoms with Crippen molar-refractivity contribution in [3.63, 3.8) is 0 Å². The number of hydrogen-bond donors (Lipinski definition) is 0. The molecule has 0 aliphatic carbocycles. The maximum atomic E-state index is 12.6. The molecule has 3 heterocycles. The standard InChI is InChI=1S/C17H21N3O2S2/c1-12-16(24-13(2)18-12)17(22)20-9-7-19(8-10-20)15(21)6-5-14-4-3-11-23-14/h3-4,11H,5-10H2,1-2H3. The summed E-state index contributed by atoms with van der Waals surface area (Å²) < 4.78 is 0. The Balaban J connectivity index is 1.51. The second kappa shape index (κ2) is 7.44. The van der Waals surface area contributed by atoms with Crippen LogP contribution in [-0.2, 0) is 11.2 Å². The minimum absolute atomic E-state index is 0.0452. The highest BCUT2D eigenvalue weighted by atomic mass is 32.1. The predicted molar refractivity (Wildman–Crippen MR) is 96.7 cm³/mol. The summed E-state index contributed by atoms with van der Waals surface area (Å²) in [6.07, 6.45) is 1.34. The van der Waals surface area contributed by atoms with Crippen LogP contribution in [0.2, 0.25) is 0 Å². The molecule has 2 amide bonds. The molecule has 2 aromatic heterocycles. The predicted octanol–water partition coefficient (Wildman–Crippen LogP) is 2.74. The number of piperazine rings is 1. The Hall–Kier alpha value is -1.73. The van der Waals surface area contributed by atoms with Crippen molar-refractivity contribution in [2.24, 2.45) is 0 Å². The van der Waals surface area contributed by atoms with Gasteiger partial charge in [-0.2, -0.15) is 0 Å². The molecule has 7 heteroatoms. The molecule has 0 saturated carbocycles. The molecule has 0 N–H and O–H groups in total. The van der Waals surface area contributed by atoms with Crippen molar-refractivity contribution in [3.8, 4) is 0 Å². The Bertz CT molecular complexity index is 716. The van der Waals surface area contributed by atoms with Gasteiger partial charge in [-0.3, -0.25) is 9.59 Å². The molecule has 1 aliphatic rings. The lowest BCUT2D eigenvalue weighted by Gasteiger charge is -2.34. The maximum Gasteiger partial charge on any atom is 0.265 e. The molecule has 0 radical (unpaired) electrons. The van der Waals surface area contributed by atoms with Crippen molar-refractivity contribution in [2.75, 3.05) is 26.2 Å². The van der Waals surface area contributed by atoms with Gasteiger partial charge in [-0.15, -0.1) is 22.7 Å². The molecule has 2 aromatic rings. The number of rotatable bonds is 4. The third-order valence-electron chi connectivity index (χ3n) is 4.18. The second-order valence-corrected chi connectivity index (χ2v) is 8.14. The average molecular weight is 364 g/mol. The summed E-state index contributed by atoms with van der Waals surface area (Å²) in [7, 11) is 0. The third-order valence-corrected chi connectivity index (χ3v) is 6.18. The molecule has 1 saturated heterocycles. The Kier molecular flexibility index (Phi) is 5.30. The van der Waals surface area contributed by atoms with E-state index in [0.717, 1.165) is 22.0 Å². The van der Waals surface area contributed by atoms with E-state index in [2.05, 4.69) is 11.1 Å². The van der Waals surface area contributed by atoms with Crippen LogP contribution in [0.4, 0.5) is 0 Å². The lowest BCUT2D eigenvalue weighted by molar-refractivity contribution is -0.132. The molecular formula is C17H21N3O2S2. The highest BCUT2D eigenvalue weighted by Gasteiger charge is 2.26. The van der Waals surface area contributed by atoms with E-state index in [9.17, 15) is 9.59 Å². The van der Waals surface area contributed by atoms with Gasteiger partial charge in [0.2, 0.25) is 5.91 Å². The Labute approximate surface area is 149 Å². The second-order valence-electron chi connectivity index (χ2n) is 5.90. The van der Waals surface area contributed by atoms with Crippen LogP contribution >= 0.6 is 22.7 Å². The van der Waals surface area contributed by atoms with Gasteiger partial charge in [0.05, 0.1) is 10.7 Å². The molecule has 0 spiro atoms. The molecule has 3 rings (SSSR count). The third kappa shape index (κ3) is 3.84. The van der Waals surface area contributed by atoms with Gasteiger partial charge < -0.3 is 9.80 Å². The van der Waals surface area contributed by atoms with Crippen LogP contribution < -0.4 is 0 Å². The summed E-state index contributed by atoms with van der Waals surface area (Å²) in [5.41, 5.74) is 0.803. The summed E-state index contributed by atoms with van der Waals surface area (Å²) in [6, 6.07) is 4.08. The number of aryl methyl sites for hydroxylation is 3. The Morgan fingerprint density at radius 3 is 2.46 bits per heavy atom. The Morgan fingerprint density at radius 2 is 1.88 bits per heavy atom. The number of amides is 2. The Morgan fingerprint density at radius 1 is 1.17 bits per heavy atom. The molecule has 0 aromatic carbocycles. The molecule has 0 unspecified atom stereocenters. The first-order valence-corrected chi connectivity index (χ1v) is 9.77. The van der Waals surface area contributed by atoms with Gasteiger partial charge in [0.1, 0.15) is 4.88 Å². The molecule has 128 valence electrons. The fraction of sp³-hybridized carbons (Fsp3) is 0.471. The van der Waals surface area contributed by atoms with Crippen molar-refractivity contribution >= 4 is 34.5 Å². The van der Waals surface area contributed by atoms with Crippen LogP contribution in [0.15, 0.2) is 17.5 Å². The van der Waals surface area contributed by atoms with Gasteiger partial charge in [0.15, 0.2) is 0 Å². The van der Waals surface area contributed by atoms with E-state index >= 15 is 0 Å². The van der Waals surface area contributed by atoms with Gasteiger partial charge in [0.25, 0.3) is 5.91 Å². The molecular weight excluding hydrogens is 342 g/mol. The van der Waals surface area contributed by atoms with Crippen molar-refractivity contribution in [2.45, 2.75) is 26.7 Å². The molecule has 1 fully saturated rings. The quantitative estimate of drug-likeness (QED) is 0.839. The van der Waals surface area contributed by atoms with Gasteiger partial charge in [-0.25, -0.2) is 4.98 Å². The monoisotopic (exact) mass is 363 g/mol. The first-order chi connectivity index (χ1) is 11.5. The van der Waals surface area contributed by atoms with Crippen LogP contribution in [0.1, 0.15) is 31.7 Å². The number of thiazole rings is 1. The van der Waals surface area contributed by atoms with Gasteiger partial charge in [0, 0.05) is 37.5 Å². The number of nitrogens with zero attached hydrogens (tertiary/aromatic N) is 3. The minimum atomic E-state index is 0.0452. The van der Waals surface area contributed by atoms with E-state index in [0.29, 0.717) is 32.6 Å². The SMILES string of the molecule is Cc1nc(C)c(C(=O)N2CCN(C(=O)CCc3cccs3)CC2)s1. The topological polar surface area (TPSA) is 53.5 Å². The molecule has 24 heavy (non-hydrogen) atoms. The number of carbonyl (C=O) groups is 2. The van der Waals surface area contributed by atoms with Crippen molar-refractivity contribution in [3.05, 3.63) is 38.0 Å². The number of aromatic nitrogens is 1. The average Bonchev–Trinajstić information content (AvgIpc) is 3.21. The first kappa shape index (κ1) is 17.1. The summed E-state index contributed by atoms with van der Waals surface area (Å²) in [5, 5.41) is 2.95. The molecule has 1 aliphatic heterocycles. The zero-order valence-electron chi connectivity index (χ0n) is 13.9. The van der Waals surface area contributed by atoms with Crippen LogP contribution in [0.5, 0.6) is 0 Å².